The predicted molar refractivity (Wildman–Crippen MR) is 74.7 cm³/mol. The van der Waals surface area contributed by atoms with Gasteiger partial charge in [0.25, 0.3) is 0 Å². The van der Waals surface area contributed by atoms with Gasteiger partial charge >= 0.3 is 0 Å². The number of fused-ring (bicyclic) bond motifs is 1. The van der Waals surface area contributed by atoms with Crippen molar-refractivity contribution < 1.29 is 13.5 Å². The molecule has 5 heteroatoms. The quantitative estimate of drug-likeness (QED) is 0.879. The fourth-order valence-corrected chi connectivity index (χ4v) is 4.10. The first-order valence-corrected chi connectivity index (χ1v) is 8.29. The standard InChI is InChI=1S/C14H21NO3S/c1-10(2)13(9-16)15-12-7-8-19(17,18)14-6-4-3-5-11(12)14/h3-6,10,12-13,15-16H,7-9H2,1-2H3. The Morgan fingerprint density at radius 1 is 1.37 bits per heavy atom. The molecule has 0 amide bonds. The first kappa shape index (κ1) is 14.5. The van der Waals surface area contributed by atoms with Crippen LogP contribution in [0.2, 0.25) is 0 Å². The zero-order valence-electron chi connectivity index (χ0n) is 11.3. The van der Waals surface area contributed by atoms with Gasteiger partial charge in [0.1, 0.15) is 0 Å². The molecular formula is C14H21NO3S. The van der Waals surface area contributed by atoms with Gasteiger partial charge in [-0.2, -0.15) is 0 Å². The van der Waals surface area contributed by atoms with Crippen molar-refractivity contribution in [1.29, 1.82) is 0 Å². The van der Waals surface area contributed by atoms with E-state index in [2.05, 4.69) is 5.32 Å². The third kappa shape index (κ3) is 2.99. The molecule has 19 heavy (non-hydrogen) atoms. The van der Waals surface area contributed by atoms with Gasteiger partial charge in [0.2, 0.25) is 0 Å². The van der Waals surface area contributed by atoms with E-state index in [1.807, 2.05) is 26.0 Å². The molecule has 1 heterocycles. The van der Waals surface area contributed by atoms with Crippen LogP contribution in [0.4, 0.5) is 0 Å². The zero-order valence-corrected chi connectivity index (χ0v) is 12.2. The summed E-state index contributed by atoms with van der Waals surface area (Å²) < 4.78 is 24.1. The molecule has 2 unspecified atom stereocenters. The van der Waals surface area contributed by atoms with Crippen LogP contribution in [0.5, 0.6) is 0 Å². The van der Waals surface area contributed by atoms with Gasteiger partial charge in [-0.3, -0.25) is 0 Å². The SMILES string of the molecule is CC(C)C(CO)NC1CCS(=O)(=O)c2ccccc21. The van der Waals surface area contributed by atoms with Gasteiger partial charge in [-0.15, -0.1) is 0 Å². The summed E-state index contributed by atoms with van der Waals surface area (Å²) in [4.78, 5) is 0.430. The molecule has 0 saturated heterocycles. The van der Waals surface area contributed by atoms with Crippen molar-refractivity contribution in [3.05, 3.63) is 29.8 Å². The van der Waals surface area contributed by atoms with Gasteiger partial charge in [0, 0.05) is 12.1 Å². The highest BCUT2D eigenvalue weighted by atomic mass is 32.2. The smallest absolute Gasteiger partial charge is 0.178 e. The normalized spacial score (nSPS) is 23.1. The number of nitrogens with one attached hydrogen (secondary N) is 1. The number of hydrogen-bond acceptors (Lipinski definition) is 4. The number of benzene rings is 1. The second kappa shape index (κ2) is 5.61. The van der Waals surface area contributed by atoms with Gasteiger partial charge in [-0.25, -0.2) is 8.42 Å². The highest BCUT2D eigenvalue weighted by Crippen LogP contribution is 2.32. The van der Waals surface area contributed by atoms with Crippen LogP contribution in [0.3, 0.4) is 0 Å². The molecule has 0 fully saturated rings. The van der Waals surface area contributed by atoms with Crippen LogP contribution in [0.1, 0.15) is 31.9 Å². The zero-order chi connectivity index (χ0) is 14.0. The van der Waals surface area contributed by atoms with Crippen molar-refractivity contribution in [3.63, 3.8) is 0 Å². The molecule has 1 aliphatic heterocycles. The molecule has 2 rings (SSSR count). The van der Waals surface area contributed by atoms with Crippen LogP contribution >= 0.6 is 0 Å². The van der Waals surface area contributed by atoms with E-state index in [9.17, 15) is 13.5 Å². The van der Waals surface area contributed by atoms with Crippen molar-refractivity contribution in [2.45, 2.75) is 37.2 Å². The Morgan fingerprint density at radius 3 is 2.68 bits per heavy atom. The summed E-state index contributed by atoms with van der Waals surface area (Å²) in [6.07, 6.45) is 0.558. The third-order valence-electron chi connectivity index (χ3n) is 3.72. The number of aliphatic hydroxyl groups excluding tert-OH is 1. The summed E-state index contributed by atoms with van der Waals surface area (Å²) in [6, 6.07) is 7.13. The molecule has 0 bridgehead atoms. The number of aliphatic hydroxyl groups is 1. The summed E-state index contributed by atoms with van der Waals surface area (Å²) in [5.74, 6) is 0.466. The summed E-state index contributed by atoms with van der Waals surface area (Å²) in [5.41, 5.74) is 0.827. The lowest BCUT2D eigenvalue weighted by Crippen LogP contribution is -2.41. The Labute approximate surface area is 114 Å². The fraction of sp³-hybridized carbons (Fsp3) is 0.571. The minimum absolute atomic E-state index is 0.000671. The molecule has 0 aliphatic carbocycles. The monoisotopic (exact) mass is 283 g/mol. The minimum atomic E-state index is -3.14. The second-order valence-electron chi connectivity index (χ2n) is 5.40. The van der Waals surface area contributed by atoms with Crippen molar-refractivity contribution >= 4 is 9.84 Å². The van der Waals surface area contributed by atoms with E-state index in [0.29, 0.717) is 17.2 Å². The maximum absolute atomic E-state index is 12.0. The first-order valence-electron chi connectivity index (χ1n) is 6.64. The van der Waals surface area contributed by atoms with E-state index in [1.54, 1.807) is 12.1 Å². The summed E-state index contributed by atoms with van der Waals surface area (Å²) in [5, 5.41) is 12.8. The summed E-state index contributed by atoms with van der Waals surface area (Å²) >= 11 is 0. The molecule has 1 aromatic carbocycles. The minimum Gasteiger partial charge on any atom is -0.395 e. The molecule has 0 spiro atoms. The highest BCUT2D eigenvalue weighted by Gasteiger charge is 2.31. The second-order valence-corrected chi connectivity index (χ2v) is 7.48. The van der Waals surface area contributed by atoms with Crippen molar-refractivity contribution in [2.75, 3.05) is 12.4 Å². The Balaban J connectivity index is 2.30. The summed E-state index contributed by atoms with van der Waals surface area (Å²) in [7, 11) is -3.14. The molecular weight excluding hydrogens is 262 g/mol. The van der Waals surface area contributed by atoms with Crippen LogP contribution in [0.25, 0.3) is 0 Å². The predicted octanol–water partition coefficient (Wildman–Crippen LogP) is 1.51. The Kier molecular flexibility index (Phi) is 4.28. The molecule has 0 aromatic heterocycles. The molecule has 0 radical (unpaired) electrons. The lowest BCUT2D eigenvalue weighted by atomic mass is 9.99. The maximum Gasteiger partial charge on any atom is 0.178 e. The molecule has 2 atom stereocenters. The highest BCUT2D eigenvalue weighted by molar-refractivity contribution is 7.91. The Morgan fingerprint density at radius 2 is 2.05 bits per heavy atom. The van der Waals surface area contributed by atoms with Crippen LogP contribution < -0.4 is 5.32 Å². The van der Waals surface area contributed by atoms with Crippen LogP contribution in [0, 0.1) is 5.92 Å². The van der Waals surface area contributed by atoms with Crippen LogP contribution in [0.15, 0.2) is 29.2 Å². The average molecular weight is 283 g/mol. The van der Waals surface area contributed by atoms with Crippen molar-refractivity contribution in [1.82, 2.24) is 5.32 Å². The van der Waals surface area contributed by atoms with Gasteiger partial charge in [0.15, 0.2) is 9.84 Å². The molecule has 4 nitrogen and oxygen atoms in total. The maximum atomic E-state index is 12.0. The van der Waals surface area contributed by atoms with E-state index in [1.165, 1.54) is 0 Å². The van der Waals surface area contributed by atoms with Gasteiger partial charge < -0.3 is 10.4 Å². The van der Waals surface area contributed by atoms with E-state index in [0.717, 1.165) is 5.56 Å². The lowest BCUT2D eigenvalue weighted by molar-refractivity contribution is 0.197. The van der Waals surface area contributed by atoms with E-state index in [-0.39, 0.29) is 24.4 Å². The van der Waals surface area contributed by atoms with Gasteiger partial charge in [-0.1, -0.05) is 32.0 Å². The van der Waals surface area contributed by atoms with Crippen molar-refractivity contribution in [3.8, 4) is 0 Å². The Hall–Kier alpha value is -0.910. The molecule has 1 aliphatic rings. The number of rotatable bonds is 4. The van der Waals surface area contributed by atoms with E-state index in [4.69, 9.17) is 0 Å². The lowest BCUT2D eigenvalue weighted by Gasteiger charge is -2.31. The van der Waals surface area contributed by atoms with E-state index >= 15 is 0 Å². The summed E-state index contributed by atoms with van der Waals surface area (Å²) in [6.45, 7) is 4.14. The number of hydrogen-bond donors (Lipinski definition) is 2. The fourth-order valence-electron chi connectivity index (χ4n) is 2.48. The van der Waals surface area contributed by atoms with Crippen molar-refractivity contribution in [2.24, 2.45) is 5.92 Å². The van der Waals surface area contributed by atoms with Gasteiger partial charge in [-0.05, 0) is 24.0 Å². The first-order chi connectivity index (χ1) is 8.95. The van der Waals surface area contributed by atoms with Crippen LogP contribution in [-0.2, 0) is 9.84 Å². The van der Waals surface area contributed by atoms with Crippen LogP contribution in [-0.4, -0.2) is 31.9 Å². The molecule has 106 valence electrons. The Bertz CT molecular complexity index is 539. The topological polar surface area (TPSA) is 66.4 Å². The third-order valence-corrected chi connectivity index (χ3v) is 5.54. The van der Waals surface area contributed by atoms with Gasteiger partial charge in [0.05, 0.1) is 17.3 Å². The van der Waals surface area contributed by atoms with E-state index < -0.39 is 9.84 Å². The number of sulfone groups is 1. The average Bonchev–Trinajstić information content (AvgIpc) is 2.38. The molecule has 0 saturated carbocycles. The largest absolute Gasteiger partial charge is 0.395 e. The molecule has 2 N–H and O–H groups in total. The molecule has 1 aromatic rings.